The van der Waals surface area contributed by atoms with Crippen molar-refractivity contribution in [2.24, 2.45) is 40.4 Å². The molecule has 4 aliphatic heterocycles. The molecule has 4 saturated heterocycles. The lowest BCUT2D eigenvalue weighted by molar-refractivity contribution is -0.336. The van der Waals surface area contributed by atoms with Gasteiger partial charge in [-0.2, -0.15) is 0 Å². The summed E-state index contributed by atoms with van der Waals surface area (Å²) < 4.78 is 41.9. The quantitative estimate of drug-likeness (QED) is 0.144. The minimum Gasteiger partial charge on any atom is -0.436 e. The van der Waals surface area contributed by atoms with E-state index in [1.807, 2.05) is 13.8 Å². The minimum absolute atomic E-state index is 0.0128. The van der Waals surface area contributed by atoms with Crippen LogP contribution >= 0.6 is 0 Å². The molecule has 0 unspecified atom stereocenters. The van der Waals surface area contributed by atoms with Crippen LogP contribution in [0.5, 0.6) is 0 Å². The molecule has 0 aromatic rings. The molecule has 8 fully saturated rings. The maximum Gasteiger partial charge on any atom is 0.308 e. The van der Waals surface area contributed by atoms with Gasteiger partial charge in [-0.3, -0.25) is 4.79 Å². The van der Waals surface area contributed by atoms with E-state index in [2.05, 4.69) is 6.92 Å². The summed E-state index contributed by atoms with van der Waals surface area (Å²) in [7, 11) is 0. The molecule has 15 nitrogen and oxygen atoms in total. The predicted octanol–water partition coefficient (Wildman–Crippen LogP) is 1.62. The number of hydrogen-bond acceptors (Lipinski definition) is 15. The van der Waals surface area contributed by atoms with Crippen LogP contribution in [-0.4, -0.2) is 140 Å². The van der Waals surface area contributed by atoms with Crippen molar-refractivity contribution >= 4 is 5.97 Å². The fourth-order valence-corrected chi connectivity index (χ4v) is 13.2. The van der Waals surface area contributed by atoms with Crippen LogP contribution in [0.2, 0.25) is 0 Å². The van der Waals surface area contributed by atoms with Crippen LogP contribution in [0.1, 0.15) is 112 Å². The Kier molecular flexibility index (Phi) is 11.5. The third kappa shape index (κ3) is 6.99. The first-order chi connectivity index (χ1) is 26.4. The maximum absolute atomic E-state index is 12.6. The van der Waals surface area contributed by atoms with E-state index >= 15 is 0 Å². The zero-order valence-corrected chi connectivity index (χ0v) is 33.4. The van der Waals surface area contributed by atoms with E-state index in [1.54, 1.807) is 13.8 Å². The summed E-state index contributed by atoms with van der Waals surface area (Å²) in [5, 5.41) is 77.5. The zero-order valence-electron chi connectivity index (χ0n) is 33.4. The Morgan fingerprint density at radius 2 is 1.23 bits per heavy atom. The predicted molar refractivity (Wildman–Crippen MR) is 194 cm³/mol. The highest BCUT2D eigenvalue weighted by Gasteiger charge is 2.72. The van der Waals surface area contributed by atoms with Gasteiger partial charge in [0.25, 0.3) is 0 Å². The van der Waals surface area contributed by atoms with Crippen LogP contribution in [-0.2, 0) is 38.0 Å². The van der Waals surface area contributed by atoms with Crippen LogP contribution in [0.4, 0.5) is 0 Å². The Morgan fingerprint density at radius 3 is 1.80 bits per heavy atom. The van der Waals surface area contributed by atoms with Gasteiger partial charge in [-0.25, -0.2) is 0 Å². The molecule has 7 N–H and O–H groups in total. The number of ether oxygens (including phenoxy) is 7. The van der Waals surface area contributed by atoms with E-state index < -0.39 is 109 Å². The summed E-state index contributed by atoms with van der Waals surface area (Å²) in [4.78, 5) is 12.1. The van der Waals surface area contributed by atoms with Gasteiger partial charge in [0.15, 0.2) is 18.9 Å². The van der Waals surface area contributed by atoms with Gasteiger partial charge in [0.05, 0.1) is 60.9 Å². The Balaban J connectivity index is 0.838. The molecule has 56 heavy (non-hydrogen) atoms. The number of rotatable bonds is 7. The van der Waals surface area contributed by atoms with Crippen LogP contribution in [0.15, 0.2) is 0 Å². The molecular formula is C41H66O15. The van der Waals surface area contributed by atoms with Crippen LogP contribution in [0.25, 0.3) is 0 Å². The first-order valence-electron chi connectivity index (χ1n) is 21.4. The van der Waals surface area contributed by atoms with Gasteiger partial charge in [-0.15, -0.1) is 0 Å². The zero-order chi connectivity index (χ0) is 40.1. The van der Waals surface area contributed by atoms with E-state index in [4.69, 9.17) is 33.2 Å². The molecule has 0 amide bonds. The molecule has 15 heteroatoms. The van der Waals surface area contributed by atoms with E-state index in [0.29, 0.717) is 25.2 Å². The molecule has 4 heterocycles. The van der Waals surface area contributed by atoms with Crippen molar-refractivity contribution in [1.82, 2.24) is 0 Å². The minimum atomic E-state index is -1.20. The Hall–Kier alpha value is -1.05. The molecule has 23 atom stereocenters. The van der Waals surface area contributed by atoms with Crippen molar-refractivity contribution in [2.75, 3.05) is 0 Å². The number of carbonyl (C=O) groups is 1. The number of aliphatic hydroxyl groups is 7. The smallest absolute Gasteiger partial charge is 0.308 e. The second-order valence-electron chi connectivity index (χ2n) is 19.3. The average Bonchev–Trinajstić information content (AvgIpc) is 3.61. The number of hydrogen-bond donors (Lipinski definition) is 7. The number of aliphatic hydroxyl groups excluding tert-OH is 6. The molecule has 8 rings (SSSR count). The summed E-state index contributed by atoms with van der Waals surface area (Å²) >= 11 is 0. The van der Waals surface area contributed by atoms with Crippen molar-refractivity contribution in [3.8, 4) is 0 Å². The Labute approximate surface area is 329 Å². The van der Waals surface area contributed by atoms with Crippen molar-refractivity contribution in [3.63, 3.8) is 0 Å². The van der Waals surface area contributed by atoms with Gasteiger partial charge in [0.2, 0.25) is 6.29 Å². The van der Waals surface area contributed by atoms with Gasteiger partial charge in [0.1, 0.15) is 18.3 Å². The van der Waals surface area contributed by atoms with Crippen molar-refractivity contribution in [3.05, 3.63) is 0 Å². The Morgan fingerprint density at radius 1 is 0.643 bits per heavy atom. The maximum atomic E-state index is 12.6. The molecule has 4 saturated carbocycles. The third-order valence-corrected chi connectivity index (χ3v) is 16.4. The average molecular weight is 799 g/mol. The second-order valence-corrected chi connectivity index (χ2v) is 19.3. The fourth-order valence-electron chi connectivity index (χ4n) is 13.2. The summed E-state index contributed by atoms with van der Waals surface area (Å²) in [5.74, 6) is -0.595. The first-order valence-corrected chi connectivity index (χ1v) is 21.4. The lowest BCUT2D eigenvalue weighted by atomic mass is 9.42. The van der Waals surface area contributed by atoms with Gasteiger partial charge in [-0.1, -0.05) is 13.8 Å². The Bertz CT molecular complexity index is 1380. The van der Waals surface area contributed by atoms with E-state index in [9.17, 15) is 40.5 Å². The van der Waals surface area contributed by atoms with E-state index in [-0.39, 0.29) is 55.0 Å². The molecule has 0 bridgehead atoms. The molecule has 0 aromatic heterocycles. The fraction of sp³-hybridized carbons (Fsp3) is 0.976. The number of cyclic esters (lactones) is 1. The number of carbonyl (C=O) groups excluding carboxylic acids is 1. The SMILES string of the molecule is C[C@H]1O[C@@H](O[C@H]2[C@@H](O)C[C@H](O[C@H]3[C@@H](O)C[C@H](O[C@H]4CC[C@@]5(C)[C@H](CC[C@@H]6[C@@H]5C[C@@H](O)[C@]5(C)[C@H]([C@@H]7CC(=O)O[C@@H]7O)CC[C@]65O)C4)O[C@@H]3C)O[C@@H]2C)C[C@H](O)[C@@H]1O. The number of fused-ring (bicyclic) bond motifs is 5. The van der Waals surface area contributed by atoms with E-state index in [0.717, 1.165) is 32.1 Å². The molecule has 320 valence electrons. The van der Waals surface area contributed by atoms with Gasteiger partial charge < -0.3 is 68.9 Å². The van der Waals surface area contributed by atoms with Crippen LogP contribution in [0.3, 0.4) is 0 Å². The van der Waals surface area contributed by atoms with Crippen molar-refractivity contribution in [2.45, 2.75) is 210 Å². The van der Waals surface area contributed by atoms with Gasteiger partial charge >= 0.3 is 5.97 Å². The van der Waals surface area contributed by atoms with Gasteiger partial charge in [-0.05, 0) is 101 Å². The van der Waals surface area contributed by atoms with Crippen LogP contribution < -0.4 is 0 Å². The first kappa shape index (κ1) is 41.7. The largest absolute Gasteiger partial charge is 0.436 e. The highest BCUT2D eigenvalue weighted by molar-refractivity contribution is 5.72. The summed E-state index contributed by atoms with van der Waals surface area (Å²) in [6.07, 6.45) is -4.83. The molecular weight excluding hydrogens is 732 g/mol. The lowest BCUT2D eigenvalue weighted by Crippen LogP contribution is -2.67. The van der Waals surface area contributed by atoms with Crippen LogP contribution in [0, 0.1) is 40.4 Å². The molecule has 8 aliphatic rings. The molecule has 0 aromatic carbocycles. The van der Waals surface area contributed by atoms with Crippen molar-refractivity contribution in [1.29, 1.82) is 0 Å². The van der Waals surface area contributed by atoms with Gasteiger partial charge in [0, 0.05) is 30.6 Å². The standard InChI is InChI=1S/C41H66O15/c1-18-35(47)27(42)15-33(50-18)55-37-20(3)52-34(17-29(37)44)56-36-19(2)51-32(16-28(36)43)53-22-8-10-39(4)21(12-22)6-7-25-26(39)14-30(45)40(5)24(9-11-41(25,40)49)23-13-31(46)54-38(23)48/h18-30,32-38,42-45,47-49H,6-17H2,1-5H3/t18-,19-,20-,21-,22+,23+,24+,25-,26+,27+,28+,29+,30-,32+,33+,34+,35-,36-,37-,38+,39+,40+,41+/m1/s1. The second kappa shape index (κ2) is 15.4. The summed E-state index contributed by atoms with van der Waals surface area (Å²) in [5.41, 5.74) is -2.03. The van der Waals surface area contributed by atoms with E-state index in [1.165, 1.54) is 0 Å². The van der Waals surface area contributed by atoms with Crippen molar-refractivity contribution < 1.29 is 73.7 Å². The third-order valence-electron chi connectivity index (χ3n) is 16.4. The summed E-state index contributed by atoms with van der Waals surface area (Å²) in [6.45, 7) is 9.54. The molecule has 0 spiro atoms. The highest BCUT2D eigenvalue weighted by atomic mass is 16.7. The lowest BCUT2D eigenvalue weighted by Gasteiger charge is -2.65. The molecule has 0 radical (unpaired) electrons. The monoisotopic (exact) mass is 798 g/mol. The highest BCUT2D eigenvalue weighted by Crippen LogP contribution is 2.70. The number of esters is 1. The summed E-state index contributed by atoms with van der Waals surface area (Å²) in [6, 6.07) is 0. The molecule has 4 aliphatic carbocycles. The normalized spacial score (nSPS) is 57.5. The topological polar surface area (TPSA) is 223 Å².